The number of aromatic nitrogens is 2. The summed E-state index contributed by atoms with van der Waals surface area (Å²) in [6, 6.07) is 3.40. The highest BCUT2D eigenvalue weighted by atomic mass is 79.9. The molecule has 0 aromatic carbocycles. The van der Waals surface area contributed by atoms with Crippen LogP contribution < -0.4 is 16.6 Å². The Kier molecular flexibility index (Phi) is 7.77. The average Bonchev–Trinajstić information content (AvgIpc) is 3.14. The maximum absolute atomic E-state index is 13.7. The Bertz CT molecular complexity index is 933. The van der Waals surface area contributed by atoms with Crippen LogP contribution in [0, 0.1) is 0 Å². The van der Waals surface area contributed by atoms with Crippen molar-refractivity contribution in [2.45, 2.75) is 32.0 Å². The Morgan fingerprint density at radius 2 is 2.17 bits per heavy atom. The highest BCUT2D eigenvalue weighted by Crippen LogP contribution is 2.17. The van der Waals surface area contributed by atoms with Crippen LogP contribution in [0.25, 0.3) is 6.08 Å². The molecular weight excluding hydrogens is 457 g/mol. The molecule has 1 aliphatic rings. The maximum atomic E-state index is 13.7. The van der Waals surface area contributed by atoms with E-state index in [1.54, 1.807) is 11.3 Å². The topological polar surface area (TPSA) is 76.2 Å². The van der Waals surface area contributed by atoms with Crippen LogP contribution in [0.5, 0.6) is 0 Å². The predicted octanol–water partition coefficient (Wildman–Crippen LogP) is 3.40. The van der Waals surface area contributed by atoms with Crippen molar-refractivity contribution in [3.63, 3.8) is 0 Å². The Morgan fingerprint density at radius 1 is 1.41 bits per heavy atom. The van der Waals surface area contributed by atoms with Gasteiger partial charge in [0, 0.05) is 37.1 Å². The van der Waals surface area contributed by atoms with Gasteiger partial charge in [-0.3, -0.25) is 4.79 Å². The van der Waals surface area contributed by atoms with Gasteiger partial charge in [-0.2, -0.15) is 0 Å². The average molecular weight is 482 g/mol. The number of rotatable bonds is 8. The molecular formula is C20H25BrFN5OS. The van der Waals surface area contributed by atoms with Crippen molar-refractivity contribution in [2.75, 3.05) is 25.4 Å². The lowest BCUT2D eigenvalue weighted by molar-refractivity contribution is 0.190. The molecule has 9 heteroatoms. The van der Waals surface area contributed by atoms with Crippen LogP contribution in [0.2, 0.25) is 0 Å². The monoisotopic (exact) mass is 481 g/mol. The van der Waals surface area contributed by atoms with Gasteiger partial charge in [0.15, 0.2) is 0 Å². The SMILES string of the molecule is C=C/C(F)=C\c1c(N)ccc(=O)n1CCN1CCC(NCc2nc(Br)cs2)CC1. The standard InChI is InChI=1S/C20H25BrFN5OS/c1-2-14(22)11-17-16(23)3-4-20(28)27(17)10-9-26-7-5-15(6-8-26)24-12-19-25-18(21)13-29-19/h2-4,11,13,15,24H,1,5-10,12,23H2/b14-11+. The normalized spacial score (nSPS) is 16.3. The molecule has 1 fully saturated rings. The minimum Gasteiger partial charge on any atom is -0.397 e. The number of hydrogen-bond donors (Lipinski definition) is 2. The second-order valence-electron chi connectivity index (χ2n) is 6.96. The van der Waals surface area contributed by atoms with Gasteiger partial charge >= 0.3 is 0 Å². The molecule has 3 N–H and O–H groups in total. The summed E-state index contributed by atoms with van der Waals surface area (Å²) < 4.78 is 16.1. The summed E-state index contributed by atoms with van der Waals surface area (Å²) in [6.07, 6.45) is 4.44. The van der Waals surface area contributed by atoms with Gasteiger partial charge in [-0.25, -0.2) is 9.37 Å². The van der Waals surface area contributed by atoms with E-state index in [9.17, 15) is 9.18 Å². The van der Waals surface area contributed by atoms with Gasteiger partial charge in [0.1, 0.15) is 15.4 Å². The predicted molar refractivity (Wildman–Crippen MR) is 121 cm³/mol. The number of nitrogens with two attached hydrogens (primary N) is 1. The van der Waals surface area contributed by atoms with E-state index in [0.717, 1.165) is 48.2 Å². The van der Waals surface area contributed by atoms with Crippen LogP contribution in [0.1, 0.15) is 23.5 Å². The minimum atomic E-state index is -0.518. The fourth-order valence-electron chi connectivity index (χ4n) is 3.40. The summed E-state index contributed by atoms with van der Waals surface area (Å²) in [5.41, 5.74) is 6.55. The molecule has 0 spiro atoms. The first-order chi connectivity index (χ1) is 14.0. The van der Waals surface area contributed by atoms with Crippen molar-refractivity contribution in [1.29, 1.82) is 0 Å². The number of nitrogens with zero attached hydrogens (tertiary/aromatic N) is 3. The molecule has 156 valence electrons. The number of nitrogens with one attached hydrogen (secondary N) is 1. The zero-order chi connectivity index (χ0) is 20.8. The van der Waals surface area contributed by atoms with Crippen LogP contribution in [0.4, 0.5) is 10.1 Å². The van der Waals surface area contributed by atoms with Crippen LogP contribution in [0.3, 0.4) is 0 Å². The smallest absolute Gasteiger partial charge is 0.251 e. The lowest BCUT2D eigenvalue weighted by Gasteiger charge is -2.32. The molecule has 2 aromatic rings. The van der Waals surface area contributed by atoms with Crippen molar-refractivity contribution >= 4 is 39.0 Å². The summed E-state index contributed by atoms with van der Waals surface area (Å²) in [5.74, 6) is -0.518. The summed E-state index contributed by atoms with van der Waals surface area (Å²) in [4.78, 5) is 19.0. The maximum Gasteiger partial charge on any atom is 0.251 e. The van der Waals surface area contributed by atoms with E-state index in [4.69, 9.17) is 5.73 Å². The third-order valence-corrected chi connectivity index (χ3v) is 6.58. The van der Waals surface area contributed by atoms with Crippen molar-refractivity contribution in [1.82, 2.24) is 19.8 Å². The first-order valence-electron chi connectivity index (χ1n) is 9.51. The first kappa shape index (κ1) is 21.9. The molecule has 0 amide bonds. The molecule has 0 unspecified atom stereocenters. The van der Waals surface area contributed by atoms with E-state index >= 15 is 0 Å². The third kappa shape index (κ3) is 6.08. The number of likely N-dealkylation sites (tertiary alicyclic amines) is 1. The second kappa shape index (κ2) is 10.3. The van der Waals surface area contributed by atoms with E-state index in [1.807, 2.05) is 5.38 Å². The van der Waals surface area contributed by atoms with Crippen molar-refractivity contribution in [3.05, 3.63) is 61.7 Å². The largest absolute Gasteiger partial charge is 0.397 e. The summed E-state index contributed by atoms with van der Waals surface area (Å²) in [6.45, 7) is 7.26. The molecule has 1 saturated heterocycles. The molecule has 0 bridgehead atoms. The molecule has 2 aromatic heterocycles. The number of halogens is 2. The lowest BCUT2D eigenvalue weighted by Crippen LogP contribution is -2.43. The Labute approximate surface area is 182 Å². The highest BCUT2D eigenvalue weighted by Gasteiger charge is 2.19. The molecule has 1 aliphatic heterocycles. The van der Waals surface area contributed by atoms with Gasteiger partial charge in [-0.1, -0.05) is 6.58 Å². The first-order valence-corrected chi connectivity index (χ1v) is 11.2. The number of piperidine rings is 1. The van der Waals surface area contributed by atoms with Gasteiger partial charge in [0.25, 0.3) is 5.56 Å². The van der Waals surface area contributed by atoms with Crippen molar-refractivity contribution in [2.24, 2.45) is 0 Å². The lowest BCUT2D eigenvalue weighted by atomic mass is 10.1. The van der Waals surface area contributed by atoms with E-state index in [2.05, 4.69) is 37.7 Å². The third-order valence-electron chi connectivity index (χ3n) is 5.02. The molecule has 3 rings (SSSR count). The summed E-state index contributed by atoms with van der Waals surface area (Å²) in [5, 5.41) is 6.63. The van der Waals surface area contributed by atoms with Crippen LogP contribution in [0.15, 0.2) is 45.4 Å². The van der Waals surface area contributed by atoms with Gasteiger partial charge < -0.3 is 20.5 Å². The van der Waals surface area contributed by atoms with Crippen LogP contribution in [-0.4, -0.2) is 40.1 Å². The Hall–Kier alpha value is -1.81. The van der Waals surface area contributed by atoms with Gasteiger partial charge in [0.05, 0.1) is 11.4 Å². The number of hydrogen-bond acceptors (Lipinski definition) is 6. The highest BCUT2D eigenvalue weighted by molar-refractivity contribution is 9.10. The zero-order valence-electron chi connectivity index (χ0n) is 16.1. The zero-order valence-corrected chi connectivity index (χ0v) is 18.5. The molecule has 29 heavy (non-hydrogen) atoms. The van der Waals surface area contributed by atoms with Crippen molar-refractivity contribution < 1.29 is 4.39 Å². The minimum absolute atomic E-state index is 0.187. The molecule has 0 atom stereocenters. The number of allylic oxidation sites excluding steroid dienone is 2. The Morgan fingerprint density at radius 3 is 2.83 bits per heavy atom. The number of thiazole rings is 1. The van der Waals surface area contributed by atoms with Crippen LogP contribution in [-0.2, 0) is 13.1 Å². The molecule has 0 saturated carbocycles. The Balaban J connectivity index is 1.53. The van der Waals surface area contributed by atoms with Crippen LogP contribution >= 0.6 is 27.3 Å². The fraction of sp³-hybridized carbons (Fsp3) is 0.400. The summed E-state index contributed by atoms with van der Waals surface area (Å²) >= 11 is 5.02. The number of pyridine rings is 1. The number of nitrogen functional groups attached to an aromatic ring is 1. The van der Waals surface area contributed by atoms with Crippen molar-refractivity contribution in [3.8, 4) is 0 Å². The summed E-state index contributed by atoms with van der Waals surface area (Å²) in [7, 11) is 0. The van der Waals surface area contributed by atoms with E-state index in [0.29, 0.717) is 30.5 Å². The number of anilines is 1. The molecule has 0 radical (unpaired) electrons. The van der Waals surface area contributed by atoms with E-state index < -0.39 is 5.83 Å². The van der Waals surface area contributed by atoms with Gasteiger partial charge in [-0.15, -0.1) is 11.3 Å². The van der Waals surface area contributed by atoms with Gasteiger partial charge in [0.2, 0.25) is 0 Å². The van der Waals surface area contributed by atoms with Gasteiger partial charge in [-0.05, 0) is 60.1 Å². The molecule has 6 nitrogen and oxygen atoms in total. The fourth-order valence-corrected chi connectivity index (χ4v) is 4.61. The van der Waals surface area contributed by atoms with E-state index in [-0.39, 0.29) is 5.56 Å². The van der Waals surface area contributed by atoms with E-state index in [1.165, 1.54) is 22.8 Å². The molecule has 0 aliphatic carbocycles. The molecule has 3 heterocycles. The second-order valence-corrected chi connectivity index (χ2v) is 8.71. The quantitative estimate of drug-likeness (QED) is 0.565.